The van der Waals surface area contributed by atoms with Crippen LogP contribution >= 0.6 is 0 Å². The van der Waals surface area contributed by atoms with E-state index in [1.54, 1.807) is 6.92 Å². The summed E-state index contributed by atoms with van der Waals surface area (Å²) >= 11 is 0. The largest absolute Gasteiger partial charge is 0.478 e. The fraction of sp³-hybridized carbons (Fsp3) is 0.529. The summed E-state index contributed by atoms with van der Waals surface area (Å²) in [7, 11) is 0. The number of aromatic nitrogens is 4. The summed E-state index contributed by atoms with van der Waals surface area (Å²) in [6.45, 7) is 3.49. The molecule has 0 aliphatic rings. The van der Waals surface area contributed by atoms with Crippen molar-refractivity contribution in [3.8, 4) is 0 Å². The highest BCUT2D eigenvalue weighted by Gasteiger charge is 2.71. The van der Waals surface area contributed by atoms with Gasteiger partial charge in [-0.3, -0.25) is 0 Å². The lowest BCUT2D eigenvalue weighted by Gasteiger charge is -2.45. The van der Waals surface area contributed by atoms with E-state index < -0.39 is 29.2 Å². The van der Waals surface area contributed by atoms with Gasteiger partial charge in [-0.05, 0) is 12.8 Å². The first-order chi connectivity index (χ1) is 13.3. The average Bonchev–Trinajstić information content (AvgIpc) is 3.36. The Morgan fingerprint density at radius 1 is 1.07 bits per heavy atom. The summed E-state index contributed by atoms with van der Waals surface area (Å²) in [5, 5.41) is 20.5. The van der Waals surface area contributed by atoms with Gasteiger partial charge in [0, 0.05) is 18.8 Å². The van der Waals surface area contributed by atoms with E-state index in [0.717, 1.165) is 9.46 Å². The molecule has 2 rings (SSSR count). The van der Waals surface area contributed by atoms with Crippen LogP contribution in [0.1, 0.15) is 39.5 Å². The molecule has 3 atom stereocenters. The molecule has 4 N–H and O–H groups in total. The second kappa shape index (κ2) is 8.74. The van der Waals surface area contributed by atoms with Gasteiger partial charge in [-0.2, -0.15) is 9.46 Å². The van der Waals surface area contributed by atoms with Crippen LogP contribution < -0.4 is 15.4 Å². The molecule has 0 saturated carbocycles. The molecule has 2 aromatic rings. The Balaban J connectivity index is 2.73. The fourth-order valence-electron chi connectivity index (χ4n) is 3.08. The Hall–Kier alpha value is -3.08. The molecular formula is C17H25N5O6. The highest BCUT2D eigenvalue weighted by Crippen LogP contribution is 2.36. The van der Waals surface area contributed by atoms with Gasteiger partial charge in [0.25, 0.3) is 11.2 Å². The van der Waals surface area contributed by atoms with Gasteiger partial charge in [-0.25, -0.2) is 19.6 Å². The monoisotopic (exact) mass is 395 g/mol. The summed E-state index contributed by atoms with van der Waals surface area (Å²) in [5.74, 6) is -3.07. The minimum Gasteiger partial charge on any atom is -0.478 e. The third kappa shape index (κ3) is 3.65. The number of carboxylic acid groups (broad SMARTS) is 2. The highest BCUT2D eigenvalue weighted by molar-refractivity contribution is 5.92. The third-order valence-corrected chi connectivity index (χ3v) is 4.58. The number of hydrogen-bond acceptors (Lipinski definition) is 7. The SMILES string of the molecule is CCCCC(On1ccnc1)(C(=O)O)C(On1ccnc1)(C(=O)O)C(N)CC. The summed E-state index contributed by atoms with van der Waals surface area (Å²) in [6, 6.07) is -1.22. The molecule has 2 aromatic heterocycles. The predicted molar refractivity (Wildman–Crippen MR) is 96.1 cm³/mol. The van der Waals surface area contributed by atoms with Crippen molar-refractivity contribution < 1.29 is 29.5 Å². The van der Waals surface area contributed by atoms with Crippen LogP contribution in [0.25, 0.3) is 0 Å². The summed E-state index contributed by atoms with van der Waals surface area (Å²) in [6.07, 6.45) is 8.83. The number of aliphatic carboxylic acids is 2. The van der Waals surface area contributed by atoms with Crippen LogP contribution in [0.5, 0.6) is 0 Å². The molecule has 0 aliphatic carbocycles. The number of hydrogen-bond donors (Lipinski definition) is 3. The molecule has 0 fully saturated rings. The molecule has 3 unspecified atom stereocenters. The molecule has 2 heterocycles. The molecule has 0 spiro atoms. The first-order valence-electron chi connectivity index (χ1n) is 8.91. The maximum atomic E-state index is 12.6. The summed E-state index contributed by atoms with van der Waals surface area (Å²) < 4.78 is 2.06. The predicted octanol–water partition coefficient (Wildman–Crippen LogP) is 0.211. The molecule has 154 valence electrons. The average molecular weight is 395 g/mol. The number of rotatable bonds is 12. The standard InChI is InChI=1S/C17H25N5O6/c1-3-5-6-16(14(23)24,27-21-9-7-19-11-21)17(15(25)26,13(18)4-2)28-22-10-8-20-12-22/h7-13H,3-6,18H2,1-2H3,(H,23,24)(H,25,26). The molecular weight excluding hydrogens is 370 g/mol. The Kier molecular flexibility index (Phi) is 6.62. The normalized spacial score (nSPS) is 16.5. The molecule has 0 aliphatic heterocycles. The van der Waals surface area contributed by atoms with Crippen LogP contribution in [-0.4, -0.2) is 58.8 Å². The van der Waals surface area contributed by atoms with Crippen molar-refractivity contribution in [3.63, 3.8) is 0 Å². The zero-order valence-corrected chi connectivity index (χ0v) is 15.8. The topological polar surface area (TPSA) is 155 Å². The Morgan fingerprint density at radius 3 is 2.04 bits per heavy atom. The molecule has 0 radical (unpaired) electrons. The van der Waals surface area contributed by atoms with E-state index in [-0.39, 0.29) is 12.8 Å². The Bertz CT molecular complexity index is 765. The zero-order chi connectivity index (χ0) is 20.8. The van der Waals surface area contributed by atoms with E-state index in [0.29, 0.717) is 12.8 Å². The van der Waals surface area contributed by atoms with E-state index in [1.165, 1.54) is 37.4 Å². The second-order valence-electron chi connectivity index (χ2n) is 6.32. The Labute approximate surface area is 161 Å². The van der Waals surface area contributed by atoms with Gasteiger partial charge in [-0.1, -0.05) is 20.3 Å². The minimum absolute atomic E-state index is 0.120. The molecule has 28 heavy (non-hydrogen) atoms. The first kappa shape index (κ1) is 21.2. The van der Waals surface area contributed by atoms with E-state index in [9.17, 15) is 19.8 Å². The number of imidazole rings is 2. The third-order valence-electron chi connectivity index (χ3n) is 4.58. The molecule has 0 amide bonds. The smallest absolute Gasteiger partial charge is 0.357 e. The van der Waals surface area contributed by atoms with Gasteiger partial charge in [0.15, 0.2) is 0 Å². The van der Waals surface area contributed by atoms with Crippen molar-refractivity contribution in [2.24, 2.45) is 5.73 Å². The van der Waals surface area contributed by atoms with Gasteiger partial charge in [-0.15, -0.1) is 0 Å². The van der Waals surface area contributed by atoms with Crippen molar-refractivity contribution in [2.75, 3.05) is 0 Å². The molecule has 0 saturated heterocycles. The summed E-state index contributed by atoms with van der Waals surface area (Å²) in [4.78, 5) is 44.3. The van der Waals surface area contributed by atoms with E-state index in [2.05, 4.69) is 9.97 Å². The number of nitrogens with zero attached hydrogens (tertiary/aromatic N) is 4. The van der Waals surface area contributed by atoms with Gasteiger partial charge in [0.1, 0.15) is 12.7 Å². The lowest BCUT2D eigenvalue weighted by molar-refractivity contribution is -0.239. The van der Waals surface area contributed by atoms with Crippen molar-refractivity contribution in [1.29, 1.82) is 0 Å². The lowest BCUT2D eigenvalue weighted by atomic mass is 9.73. The molecule has 0 aromatic carbocycles. The van der Waals surface area contributed by atoms with Crippen LogP contribution in [0.4, 0.5) is 0 Å². The van der Waals surface area contributed by atoms with Crippen LogP contribution in [0.3, 0.4) is 0 Å². The summed E-state index contributed by atoms with van der Waals surface area (Å²) in [5.41, 5.74) is 1.37. The first-order valence-corrected chi connectivity index (χ1v) is 8.91. The zero-order valence-electron chi connectivity index (χ0n) is 15.8. The maximum Gasteiger partial charge on any atom is 0.357 e. The number of unbranched alkanes of at least 4 members (excludes halogenated alkanes) is 1. The van der Waals surface area contributed by atoms with E-state index in [4.69, 9.17) is 15.4 Å². The maximum absolute atomic E-state index is 12.6. The van der Waals surface area contributed by atoms with Crippen molar-refractivity contribution >= 4 is 11.9 Å². The second-order valence-corrected chi connectivity index (χ2v) is 6.32. The van der Waals surface area contributed by atoms with Crippen LogP contribution in [0.15, 0.2) is 37.4 Å². The van der Waals surface area contributed by atoms with Crippen LogP contribution in [-0.2, 0) is 9.59 Å². The van der Waals surface area contributed by atoms with Crippen LogP contribution in [0.2, 0.25) is 0 Å². The van der Waals surface area contributed by atoms with Crippen molar-refractivity contribution in [2.45, 2.75) is 56.8 Å². The lowest BCUT2D eigenvalue weighted by Crippen LogP contribution is -2.78. The molecule has 11 nitrogen and oxygen atoms in total. The van der Waals surface area contributed by atoms with E-state index >= 15 is 0 Å². The number of carboxylic acids is 2. The highest BCUT2D eigenvalue weighted by atomic mass is 16.7. The van der Waals surface area contributed by atoms with Crippen LogP contribution in [0, 0.1) is 0 Å². The van der Waals surface area contributed by atoms with Gasteiger partial charge < -0.3 is 25.6 Å². The quantitative estimate of drug-likeness (QED) is 0.457. The Morgan fingerprint density at radius 2 is 1.64 bits per heavy atom. The van der Waals surface area contributed by atoms with E-state index in [1.807, 2.05) is 6.92 Å². The van der Waals surface area contributed by atoms with Gasteiger partial charge in [0.2, 0.25) is 0 Å². The number of nitrogens with two attached hydrogens (primary N) is 1. The molecule has 11 heteroatoms. The van der Waals surface area contributed by atoms with Gasteiger partial charge >= 0.3 is 11.9 Å². The minimum atomic E-state index is -2.46. The van der Waals surface area contributed by atoms with Gasteiger partial charge in [0.05, 0.1) is 18.4 Å². The van der Waals surface area contributed by atoms with Crippen molar-refractivity contribution in [3.05, 3.63) is 37.4 Å². The van der Waals surface area contributed by atoms with Crippen molar-refractivity contribution in [1.82, 2.24) is 19.4 Å². The molecule has 0 bridgehead atoms. The fourth-order valence-corrected chi connectivity index (χ4v) is 3.08. The number of carbonyl (C=O) groups is 2.